The van der Waals surface area contributed by atoms with E-state index in [0.29, 0.717) is 17.7 Å². The molecule has 2 aromatic rings. The van der Waals surface area contributed by atoms with E-state index in [1.165, 1.54) is 5.56 Å². The third-order valence-electron chi connectivity index (χ3n) is 4.97. The molecule has 1 aliphatic carbocycles. The third-order valence-corrected chi connectivity index (χ3v) is 4.97. The summed E-state index contributed by atoms with van der Waals surface area (Å²) < 4.78 is 5.06. The van der Waals surface area contributed by atoms with Gasteiger partial charge in [0.2, 0.25) is 0 Å². The number of aromatic nitrogens is 2. The largest absolute Gasteiger partial charge is 0.388 e. The van der Waals surface area contributed by atoms with Gasteiger partial charge in [-0.3, -0.25) is 4.98 Å². The summed E-state index contributed by atoms with van der Waals surface area (Å²) in [5.41, 5.74) is 2.37. The lowest BCUT2D eigenvalue weighted by Crippen LogP contribution is -2.57. The minimum atomic E-state index is -0.0870. The lowest BCUT2D eigenvalue weighted by molar-refractivity contribution is 0.0124. The first-order chi connectivity index (χ1) is 10.6. The molecule has 0 spiro atoms. The number of hydrogen-bond acceptors (Lipinski definition) is 5. The van der Waals surface area contributed by atoms with Gasteiger partial charge >= 0.3 is 0 Å². The summed E-state index contributed by atoms with van der Waals surface area (Å²) in [4.78, 5) is 4.14. The molecule has 0 aliphatic heterocycles. The first kappa shape index (κ1) is 15.2. The van der Waals surface area contributed by atoms with Gasteiger partial charge in [-0.15, -0.1) is 0 Å². The fourth-order valence-corrected chi connectivity index (χ4v) is 3.23. The van der Waals surface area contributed by atoms with Gasteiger partial charge < -0.3 is 14.9 Å². The van der Waals surface area contributed by atoms with Gasteiger partial charge in [0.1, 0.15) is 6.61 Å². The molecule has 1 saturated carbocycles. The molecule has 2 atom stereocenters. The van der Waals surface area contributed by atoms with E-state index in [9.17, 15) is 0 Å². The highest BCUT2D eigenvalue weighted by Gasteiger charge is 2.47. The van der Waals surface area contributed by atoms with E-state index in [1.54, 1.807) is 6.20 Å². The highest BCUT2D eigenvalue weighted by Crippen LogP contribution is 2.47. The summed E-state index contributed by atoms with van der Waals surface area (Å²) in [7, 11) is 0. The molecule has 22 heavy (non-hydrogen) atoms. The molecule has 0 amide bonds. The molecule has 2 aromatic heterocycles. The molecule has 0 bridgehead atoms. The number of rotatable bonds is 6. The highest BCUT2D eigenvalue weighted by molar-refractivity contribution is 5.12. The molecule has 1 aliphatic rings. The van der Waals surface area contributed by atoms with E-state index in [-0.39, 0.29) is 12.0 Å². The van der Waals surface area contributed by atoms with Gasteiger partial charge in [-0.05, 0) is 35.8 Å². The van der Waals surface area contributed by atoms with Gasteiger partial charge in [-0.1, -0.05) is 25.1 Å². The smallest absolute Gasteiger partial charge is 0.162 e. The molecule has 3 rings (SSSR count). The van der Waals surface area contributed by atoms with Crippen LogP contribution in [0.4, 0.5) is 0 Å². The summed E-state index contributed by atoms with van der Waals surface area (Å²) in [6, 6.07) is 6.41. The second-order valence-corrected chi connectivity index (χ2v) is 6.70. The van der Waals surface area contributed by atoms with Crippen molar-refractivity contribution in [2.24, 2.45) is 11.3 Å². The minimum Gasteiger partial charge on any atom is -0.388 e. The van der Waals surface area contributed by atoms with Gasteiger partial charge in [-0.2, -0.15) is 0 Å². The summed E-state index contributed by atoms with van der Waals surface area (Å²) >= 11 is 0. The van der Waals surface area contributed by atoms with Crippen molar-refractivity contribution in [1.29, 1.82) is 0 Å². The number of nitrogens with zero attached hydrogens (tertiary/aromatic N) is 2. The van der Waals surface area contributed by atoms with Crippen LogP contribution in [0.25, 0.3) is 0 Å². The Kier molecular flexibility index (Phi) is 4.27. The highest BCUT2D eigenvalue weighted by atomic mass is 16.5. The topological polar surface area (TPSA) is 71.2 Å². The van der Waals surface area contributed by atoms with Crippen molar-refractivity contribution < 1.29 is 9.63 Å². The molecule has 2 unspecified atom stereocenters. The molecule has 5 heteroatoms. The maximum Gasteiger partial charge on any atom is 0.162 e. The number of aliphatic hydroxyl groups is 1. The molecule has 2 heterocycles. The molecular formula is C17H23N3O2. The maximum atomic E-state index is 9.03. The van der Waals surface area contributed by atoms with E-state index in [0.717, 1.165) is 25.1 Å². The molecule has 118 valence electrons. The summed E-state index contributed by atoms with van der Waals surface area (Å²) in [6.45, 7) is 5.37. The fourth-order valence-electron chi connectivity index (χ4n) is 3.23. The quantitative estimate of drug-likeness (QED) is 0.856. The van der Waals surface area contributed by atoms with Gasteiger partial charge in [0.25, 0.3) is 0 Å². The average Bonchev–Trinajstić information content (AvgIpc) is 2.99. The lowest BCUT2D eigenvalue weighted by Gasteiger charge is -2.52. The van der Waals surface area contributed by atoms with E-state index < -0.39 is 0 Å². The van der Waals surface area contributed by atoms with Crippen LogP contribution >= 0.6 is 0 Å². The maximum absolute atomic E-state index is 9.03. The molecule has 1 fully saturated rings. The molecular weight excluding hydrogens is 278 g/mol. The molecule has 0 saturated heterocycles. The zero-order valence-electron chi connectivity index (χ0n) is 13.1. The van der Waals surface area contributed by atoms with Crippen LogP contribution in [0, 0.1) is 11.3 Å². The van der Waals surface area contributed by atoms with Crippen LogP contribution in [0.3, 0.4) is 0 Å². The standard InChI is InChI=1S/C17H23N3O2/c1-17(2)13(6-14-8-15(11-21)22-20-14)7-16(17)19-10-12-4-3-5-18-9-12/h3-5,8-9,13,16,19,21H,6-7,10-11H2,1-2H3. The Hall–Kier alpha value is -1.72. The van der Waals surface area contributed by atoms with Gasteiger partial charge in [-0.25, -0.2) is 0 Å². The molecule has 2 N–H and O–H groups in total. The predicted molar refractivity (Wildman–Crippen MR) is 82.9 cm³/mol. The van der Waals surface area contributed by atoms with Crippen LogP contribution < -0.4 is 5.32 Å². The Morgan fingerprint density at radius 1 is 1.45 bits per heavy atom. The molecule has 0 aromatic carbocycles. The van der Waals surface area contributed by atoms with E-state index in [1.807, 2.05) is 18.3 Å². The van der Waals surface area contributed by atoms with Crippen LogP contribution in [0.2, 0.25) is 0 Å². The summed E-state index contributed by atoms with van der Waals surface area (Å²) in [5.74, 6) is 1.12. The number of hydrogen-bond donors (Lipinski definition) is 2. The fraction of sp³-hybridized carbons (Fsp3) is 0.529. The van der Waals surface area contributed by atoms with Crippen LogP contribution in [0.5, 0.6) is 0 Å². The first-order valence-corrected chi connectivity index (χ1v) is 7.77. The molecule has 5 nitrogen and oxygen atoms in total. The number of aliphatic hydroxyl groups excluding tert-OH is 1. The van der Waals surface area contributed by atoms with Crippen molar-refractivity contribution in [2.45, 2.75) is 45.9 Å². The van der Waals surface area contributed by atoms with Crippen molar-refractivity contribution in [1.82, 2.24) is 15.5 Å². The van der Waals surface area contributed by atoms with Crippen LogP contribution in [-0.2, 0) is 19.6 Å². The van der Waals surface area contributed by atoms with E-state index in [2.05, 4.69) is 35.4 Å². The minimum absolute atomic E-state index is 0.0870. The van der Waals surface area contributed by atoms with Crippen molar-refractivity contribution in [3.63, 3.8) is 0 Å². The van der Waals surface area contributed by atoms with Crippen LogP contribution in [0.1, 0.15) is 37.3 Å². The zero-order valence-corrected chi connectivity index (χ0v) is 13.1. The van der Waals surface area contributed by atoms with Gasteiger partial charge in [0.15, 0.2) is 5.76 Å². The van der Waals surface area contributed by atoms with Crippen molar-refractivity contribution in [3.05, 3.63) is 47.6 Å². The van der Waals surface area contributed by atoms with Gasteiger partial charge in [0.05, 0.1) is 5.69 Å². The second kappa shape index (κ2) is 6.18. The third kappa shape index (κ3) is 3.05. The lowest BCUT2D eigenvalue weighted by atomic mass is 9.57. The van der Waals surface area contributed by atoms with Gasteiger partial charge in [0, 0.05) is 31.0 Å². The Balaban J connectivity index is 1.53. The number of nitrogens with one attached hydrogen (secondary N) is 1. The van der Waals surface area contributed by atoms with Crippen molar-refractivity contribution in [3.8, 4) is 0 Å². The summed E-state index contributed by atoms with van der Waals surface area (Å²) in [6.07, 6.45) is 5.74. The van der Waals surface area contributed by atoms with Crippen LogP contribution in [0.15, 0.2) is 35.1 Å². The normalized spacial score (nSPS) is 23.2. The van der Waals surface area contributed by atoms with Crippen molar-refractivity contribution >= 4 is 0 Å². The Bertz CT molecular complexity index is 609. The van der Waals surface area contributed by atoms with E-state index >= 15 is 0 Å². The second-order valence-electron chi connectivity index (χ2n) is 6.70. The zero-order chi connectivity index (χ0) is 15.6. The van der Waals surface area contributed by atoms with E-state index in [4.69, 9.17) is 9.63 Å². The van der Waals surface area contributed by atoms with Crippen molar-refractivity contribution in [2.75, 3.05) is 0 Å². The Morgan fingerprint density at radius 3 is 2.95 bits per heavy atom. The number of pyridine rings is 1. The summed E-state index contributed by atoms with van der Waals surface area (Å²) in [5, 5.41) is 16.7. The Morgan fingerprint density at radius 2 is 2.32 bits per heavy atom. The van der Waals surface area contributed by atoms with Crippen LogP contribution in [-0.4, -0.2) is 21.3 Å². The molecule has 0 radical (unpaired) electrons. The first-order valence-electron chi connectivity index (χ1n) is 7.77. The Labute approximate surface area is 130 Å². The SMILES string of the molecule is CC1(C)C(Cc2cc(CO)on2)CC1NCc1cccnc1. The monoisotopic (exact) mass is 301 g/mol. The predicted octanol–water partition coefficient (Wildman–Crippen LogP) is 2.31. The average molecular weight is 301 g/mol.